The van der Waals surface area contributed by atoms with Gasteiger partial charge in [0.15, 0.2) is 0 Å². The van der Waals surface area contributed by atoms with Crippen molar-refractivity contribution in [3.05, 3.63) is 23.8 Å². The van der Waals surface area contributed by atoms with E-state index < -0.39 is 5.97 Å². The minimum atomic E-state index is -0.708. The van der Waals surface area contributed by atoms with Gasteiger partial charge in [-0.15, -0.1) is 0 Å². The zero-order chi connectivity index (χ0) is 12.0. The monoisotopic (exact) mass is 234 g/mol. The van der Waals surface area contributed by atoms with Gasteiger partial charge in [0.05, 0.1) is 19.6 Å². The third-order valence-electron chi connectivity index (χ3n) is 3.90. The van der Waals surface area contributed by atoms with Crippen LogP contribution in [0.3, 0.4) is 0 Å². The minimum Gasteiger partial charge on any atom is -0.497 e. The van der Waals surface area contributed by atoms with Gasteiger partial charge in [-0.3, -0.25) is 4.79 Å². The Labute approximate surface area is 99.2 Å². The van der Waals surface area contributed by atoms with E-state index in [0.29, 0.717) is 13.0 Å². The quantitative estimate of drug-likeness (QED) is 0.848. The fourth-order valence-electron chi connectivity index (χ4n) is 2.83. The van der Waals surface area contributed by atoms with Crippen molar-refractivity contribution < 1.29 is 19.4 Å². The van der Waals surface area contributed by atoms with Gasteiger partial charge < -0.3 is 14.6 Å². The summed E-state index contributed by atoms with van der Waals surface area (Å²) in [6.45, 7) is 0.600. The number of hydrogen-bond acceptors (Lipinski definition) is 3. The van der Waals surface area contributed by atoms with E-state index >= 15 is 0 Å². The lowest BCUT2D eigenvalue weighted by molar-refractivity contribution is -0.139. The molecule has 0 bridgehead atoms. The average Bonchev–Trinajstić information content (AvgIpc) is 3.05. The van der Waals surface area contributed by atoms with E-state index in [1.54, 1.807) is 7.11 Å². The van der Waals surface area contributed by atoms with E-state index in [4.69, 9.17) is 14.6 Å². The highest BCUT2D eigenvalue weighted by Gasteiger charge is 2.61. The fourth-order valence-corrected chi connectivity index (χ4v) is 2.83. The van der Waals surface area contributed by atoms with Crippen LogP contribution in [-0.2, 0) is 10.2 Å². The summed E-state index contributed by atoms with van der Waals surface area (Å²) in [7, 11) is 1.61. The molecule has 1 aliphatic heterocycles. The Morgan fingerprint density at radius 3 is 3.06 bits per heavy atom. The maximum absolute atomic E-state index is 11.1. The highest BCUT2D eigenvalue weighted by molar-refractivity contribution is 5.78. The molecule has 1 N–H and O–H groups in total. The largest absolute Gasteiger partial charge is 0.497 e. The number of carboxylic acid groups (broad SMARTS) is 1. The number of ether oxygens (including phenoxy) is 2. The Morgan fingerprint density at radius 2 is 2.41 bits per heavy atom. The average molecular weight is 234 g/mol. The van der Waals surface area contributed by atoms with Crippen LogP contribution in [0.2, 0.25) is 0 Å². The van der Waals surface area contributed by atoms with Crippen LogP contribution >= 0.6 is 0 Å². The highest BCUT2D eigenvalue weighted by atomic mass is 16.5. The number of carboxylic acids is 1. The van der Waals surface area contributed by atoms with Crippen LogP contribution in [0.15, 0.2) is 18.2 Å². The molecule has 17 heavy (non-hydrogen) atoms. The summed E-state index contributed by atoms with van der Waals surface area (Å²) in [4.78, 5) is 11.1. The van der Waals surface area contributed by atoms with Gasteiger partial charge >= 0.3 is 5.97 Å². The zero-order valence-electron chi connectivity index (χ0n) is 9.60. The second-order valence-corrected chi connectivity index (χ2v) is 4.71. The molecule has 1 aliphatic carbocycles. The first kappa shape index (κ1) is 10.4. The molecule has 1 spiro atoms. The molecule has 0 amide bonds. The Kier molecular flexibility index (Phi) is 2.08. The zero-order valence-corrected chi connectivity index (χ0v) is 9.60. The van der Waals surface area contributed by atoms with Crippen molar-refractivity contribution >= 4 is 5.97 Å². The van der Waals surface area contributed by atoms with Gasteiger partial charge in [-0.25, -0.2) is 0 Å². The molecule has 4 heteroatoms. The first-order valence-corrected chi connectivity index (χ1v) is 5.71. The second kappa shape index (κ2) is 3.39. The molecule has 0 radical (unpaired) electrons. The number of fused-ring (bicyclic) bond motifs is 2. The van der Waals surface area contributed by atoms with Gasteiger partial charge in [-0.1, -0.05) is 0 Å². The van der Waals surface area contributed by atoms with E-state index in [-0.39, 0.29) is 11.3 Å². The number of aliphatic carboxylic acids is 1. The van der Waals surface area contributed by atoms with Crippen LogP contribution in [-0.4, -0.2) is 24.8 Å². The van der Waals surface area contributed by atoms with Crippen molar-refractivity contribution in [2.45, 2.75) is 18.3 Å². The second-order valence-electron chi connectivity index (χ2n) is 4.71. The number of rotatable bonds is 2. The van der Waals surface area contributed by atoms with E-state index in [2.05, 4.69) is 0 Å². The Hall–Kier alpha value is -1.71. The van der Waals surface area contributed by atoms with Crippen molar-refractivity contribution in [2.75, 3.05) is 13.7 Å². The van der Waals surface area contributed by atoms with E-state index in [1.807, 2.05) is 18.2 Å². The molecule has 4 nitrogen and oxygen atoms in total. The Balaban J connectivity index is 2.05. The molecule has 1 fully saturated rings. The molecule has 2 aliphatic rings. The number of methoxy groups -OCH3 is 1. The Morgan fingerprint density at radius 1 is 1.59 bits per heavy atom. The van der Waals surface area contributed by atoms with Crippen molar-refractivity contribution in [1.29, 1.82) is 0 Å². The predicted octanol–water partition coefficient (Wildman–Crippen LogP) is 1.82. The lowest BCUT2D eigenvalue weighted by atomic mass is 9.87. The van der Waals surface area contributed by atoms with Crippen LogP contribution in [0.5, 0.6) is 11.5 Å². The summed E-state index contributed by atoms with van der Waals surface area (Å²) < 4.78 is 10.8. The molecule has 1 saturated carbocycles. The summed E-state index contributed by atoms with van der Waals surface area (Å²) >= 11 is 0. The molecule has 90 valence electrons. The summed E-state index contributed by atoms with van der Waals surface area (Å²) in [5.41, 5.74) is 0.782. The maximum Gasteiger partial charge on any atom is 0.307 e. The van der Waals surface area contributed by atoms with Crippen molar-refractivity contribution in [3.8, 4) is 11.5 Å². The van der Waals surface area contributed by atoms with Gasteiger partial charge in [0.25, 0.3) is 0 Å². The lowest BCUT2D eigenvalue weighted by Crippen LogP contribution is -2.24. The highest BCUT2D eigenvalue weighted by Crippen LogP contribution is 2.61. The molecule has 2 atom stereocenters. The summed E-state index contributed by atoms with van der Waals surface area (Å²) in [6, 6.07) is 5.62. The number of carbonyl (C=O) groups is 1. The van der Waals surface area contributed by atoms with E-state index in [1.165, 1.54) is 0 Å². The minimum absolute atomic E-state index is 0.214. The number of hydrogen-bond donors (Lipinski definition) is 1. The SMILES string of the molecule is COc1ccc2c(c1)[C@@]1(CCO2)C[C@H]1C(=O)O. The van der Waals surface area contributed by atoms with Crippen LogP contribution in [0.4, 0.5) is 0 Å². The van der Waals surface area contributed by atoms with Crippen LogP contribution in [0, 0.1) is 5.92 Å². The molecule has 1 aromatic carbocycles. The van der Waals surface area contributed by atoms with Crippen molar-refractivity contribution in [3.63, 3.8) is 0 Å². The molecular weight excluding hydrogens is 220 g/mol. The predicted molar refractivity (Wildman–Crippen MR) is 60.5 cm³/mol. The third-order valence-corrected chi connectivity index (χ3v) is 3.90. The Bertz CT molecular complexity index is 482. The maximum atomic E-state index is 11.1. The van der Waals surface area contributed by atoms with Gasteiger partial charge in [-0.05, 0) is 31.0 Å². The molecule has 1 heterocycles. The third kappa shape index (κ3) is 1.40. The van der Waals surface area contributed by atoms with Gasteiger partial charge in [0.2, 0.25) is 0 Å². The lowest BCUT2D eigenvalue weighted by Gasteiger charge is -2.26. The van der Waals surface area contributed by atoms with Gasteiger partial charge in [-0.2, -0.15) is 0 Å². The van der Waals surface area contributed by atoms with Crippen molar-refractivity contribution in [2.24, 2.45) is 5.92 Å². The summed E-state index contributed by atoms with van der Waals surface area (Å²) in [5, 5.41) is 9.15. The number of benzene rings is 1. The fraction of sp³-hybridized carbons (Fsp3) is 0.462. The molecule has 0 unspecified atom stereocenters. The summed E-state index contributed by atoms with van der Waals surface area (Å²) in [5.74, 6) is 0.586. The first-order chi connectivity index (χ1) is 8.17. The normalized spacial score (nSPS) is 29.4. The molecule has 1 aromatic rings. The topological polar surface area (TPSA) is 55.8 Å². The van der Waals surface area contributed by atoms with E-state index in [0.717, 1.165) is 23.5 Å². The molecule has 0 saturated heterocycles. The van der Waals surface area contributed by atoms with Crippen LogP contribution in [0.25, 0.3) is 0 Å². The molecule has 0 aromatic heterocycles. The van der Waals surface area contributed by atoms with Gasteiger partial charge in [0, 0.05) is 11.0 Å². The van der Waals surface area contributed by atoms with Crippen LogP contribution < -0.4 is 9.47 Å². The van der Waals surface area contributed by atoms with Crippen LogP contribution in [0.1, 0.15) is 18.4 Å². The van der Waals surface area contributed by atoms with Crippen molar-refractivity contribution in [1.82, 2.24) is 0 Å². The molecular formula is C13H14O4. The van der Waals surface area contributed by atoms with E-state index in [9.17, 15) is 4.79 Å². The first-order valence-electron chi connectivity index (χ1n) is 5.71. The summed E-state index contributed by atoms with van der Waals surface area (Å²) in [6.07, 6.45) is 1.50. The molecule has 3 rings (SSSR count). The smallest absolute Gasteiger partial charge is 0.307 e. The van der Waals surface area contributed by atoms with Gasteiger partial charge in [0.1, 0.15) is 11.5 Å². The standard InChI is InChI=1S/C13H14O4/c1-16-8-2-3-11-9(6-8)13(4-5-17-11)7-10(13)12(14)15/h2-3,6,10H,4-5,7H2,1H3,(H,14,15)/t10-,13+/m0/s1.